The van der Waals surface area contributed by atoms with Gasteiger partial charge in [0.2, 0.25) is 0 Å². The van der Waals surface area contributed by atoms with Crippen molar-refractivity contribution in [1.82, 2.24) is 0 Å². The molecule has 0 aliphatic heterocycles. The van der Waals surface area contributed by atoms with Crippen LogP contribution in [0, 0.1) is 6.92 Å². The summed E-state index contributed by atoms with van der Waals surface area (Å²) in [6.07, 6.45) is -4.92. The van der Waals surface area contributed by atoms with E-state index in [9.17, 15) is 17.6 Å². The Morgan fingerprint density at radius 3 is 2.09 bits per heavy atom. The van der Waals surface area contributed by atoms with Crippen LogP contribution < -0.4 is 0 Å². The molecule has 0 nitrogen and oxygen atoms in total. The summed E-state index contributed by atoms with van der Waals surface area (Å²) < 4.78 is 48.7. The molecule has 0 aliphatic carbocycles. The van der Waals surface area contributed by atoms with Crippen LogP contribution in [0.4, 0.5) is 17.6 Å². The van der Waals surface area contributed by atoms with Gasteiger partial charge in [0.1, 0.15) is 6.17 Å². The minimum absolute atomic E-state index is 0.170. The van der Waals surface area contributed by atoms with Gasteiger partial charge in [0, 0.05) is 13.3 Å². The number of halogens is 4. The van der Waals surface area contributed by atoms with Gasteiger partial charge in [-0.15, -0.1) is 0 Å². The second-order valence-electron chi connectivity index (χ2n) is 2.55. The van der Waals surface area contributed by atoms with E-state index in [4.69, 9.17) is 0 Å². The van der Waals surface area contributed by atoms with Crippen molar-refractivity contribution in [3.63, 3.8) is 0 Å². The zero-order valence-electron chi connectivity index (χ0n) is 6.29. The third-order valence-electron chi connectivity index (χ3n) is 1.33. The quantitative estimate of drug-likeness (QED) is 0.570. The first kappa shape index (κ1) is 10.7. The molecule has 11 heavy (non-hydrogen) atoms. The largest absolute Gasteiger partial charge is 0.276 e. The fraction of sp³-hybridized carbons (Fsp3) is 0.857. The van der Waals surface area contributed by atoms with E-state index in [0.29, 0.717) is 6.92 Å². The highest BCUT2D eigenvalue weighted by Gasteiger charge is 2.35. The zero-order valence-corrected chi connectivity index (χ0v) is 6.29. The molecule has 0 amide bonds. The van der Waals surface area contributed by atoms with Crippen LogP contribution in [-0.4, -0.2) is 18.3 Å². The van der Waals surface area contributed by atoms with Crippen LogP contribution in [0.2, 0.25) is 0 Å². The Hall–Kier alpha value is -0.280. The van der Waals surface area contributed by atoms with E-state index in [1.807, 2.05) is 0 Å². The van der Waals surface area contributed by atoms with Crippen molar-refractivity contribution >= 4 is 0 Å². The maximum absolute atomic E-state index is 12.3. The summed E-state index contributed by atoms with van der Waals surface area (Å²) in [6, 6.07) is 0. The van der Waals surface area contributed by atoms with Gasteiger partial charge in [-0.1, -0.05) is 6.92 Å². The Bertz CT molecular complexity index is 107. The molecule has 0 aromatic heterocycles. The summed E-state index contributed by atoms with van der Waals surface area (Å²) in [5.74, 6) is -3.44. The van der Waals surface area contributed by atoms with Gasteiger partial charge >= 0.3 is 0 Å². The maximum Gasteiger partial charge on any atom is 0.276 e. The molecule has 0 heterocycles. The van der Waals surface area contributed by atoms with E-state index in [0.717, 1.165) is 0 Å². The molecule has 1 radical (unpaired) electrons. The van der Waals surface area contributed by atoms with Gasteiger partial charge < -0.3 is 0 Å². The highest BCUT2D eigenvalue weighted by molar-refractivity contribution is 4.75. The van der Waals surface area contributed by atoms with Crippen LogP contribution in [0.1, 0.15) is 19.8 Å². The predicted molar refractivity (Wildman–Crippen MR) is 35.0 cm³/mol. The SMILES string of the molecule is [CH2]CC(F)C[C@H](F)C(C)(F)F. The van der Waals surface area contributed by atoms with Crippen LogP contribution >= 0.6 is 0 Å². The van der Waals surface area contributed by atoms with E-state index in [-0.39, 0.29) is 6.42 Å². The summed E-state index contributed by atoms with van der Waals surface area (Å²) >= 11 is 0. The maximum atomic E-state index is 12.3. The minimum atomic E-state index is -3.44. The molecule has 0 fully saturated rings. The monoisotopic (exact) mass is 171 g/mol. The molecule has 1 unspecified atom stereocenters. The first-order chi connectivity index (χ1) is 4.88. The molecule has 0 bridgehead atoms. The van der Waals surface area contributed by atoms with Gasteiger partial charge in [-0.2, -0.15) is 0 Å². The Morgan fingerprint density at radius 2 is 1.82 bits per heavy atom. The zero-order chi connectivity index (χ0) is 9.07. The molecule has 0 rings (SSSR count). The average Bonchev–Trinajstić information content (AvgIpc) is 1.85. The molecule has 0 saturated heterocycles. The lowest BCUT2D eigenvalue weighted by molar-refractivity contribution is -0.0649. The van der Waals surface area contributed by atoms with Crippen LogP contribution in [0.15, 0.2) is 0 Å². The highest BCUT2D eigenvalue weighted by Crippen LogP contribution is 2.25. The van der Waals surface area contributed by atoms with Crippen molar-refractivity contribution in [2.75, 3.05) is 0 Å². The van der Waals surface area contributed by atoms with Gasteiger partial charge in [0.15, 0.2) is 6.17 Å². The van der Waals surface area contributed by atoms with Gasteiger partial charge in [-0.3, -0.25) is 0 Å². The first-order valence-electron chi connectivity index (χ1n) is 3.33. The number of hydrogen-bond acceptors (Lipinski definition) is 0. The predicted octanol–water partition coefficient (Wildman–Crippen LogP) is 2.93. The summed E-state index contributed by atoms with van der Waals surface area (Å²) in [7, 11) is 0. The standard InChI is InChI=1S/C7H11F4/c1-3-5(8)4-6(9)7(2,10)11/h5-6H,1,3-4H2,2H3/t5?,6-/m0/s1. The lowest BCUT2D eigenvalue weighted by Crippen LogP contribution is -2.28. The second kappa shape index (κ2) is 3.93. The van der Waals surface area contributed by atoms with E-state index in [1.165, 1.54) is 0 Å². The fourth-order valence-corrected chi connectivity index (χ4v) is 0.549. The van der Waals surface area contributed by atoms with E-state index in [2.05, 4.69) is 6.92 Å². The number of rotatable bonds is 4. The molecular formula is C7H11F4. The van der Waals surface area contributed by atoms with E-state index < -0.39 is 24.7 Å². The van der Waals surface area contributed by atoms with Crippen LogP contribution in [0.3, 0.4) is 0 Å². The molecule has 0 N–H and O–H groups in total. The highest BCUT2D eigenvalue weighted by atomic mass is 19.3. The van der Waals surface area contributed by atoms with Gasteiger partial charge in [-0.25, -0.2) is 17.6 Å². The molecule has 2 atom stereocenters. The Labute approximate surface area is 63.6 Å². The Morgan fingerprint density at radius 1 is 1.36 bits per heavy atom. The van der Waals surface area contributed by atoms with Crippen molar-refractivity contribution in [1.29, 1.82) is 0 Å². The molecule has 0 aliphatic rings. The lowest BCUT2D eigenvalue weighted by atomic mass is 10.1. The van der Waals surface area contributed by atoms with Gasteiger partial charge in [0.05, 0.1) is 0 Å². The van der Waals surface area contributed by atoms with E-state index >= 15 is 0 Å². The smallest absolute Gasteiger partial charge is 0.247 e. The van der Waals surface area contributed by atoms with Crippen LogP contribution in [-0.2, 0) is 0 Å². The molecular weight excluding hydrogens is 160 g/mol. The fourth-order valence-electron chi connectivity index (χ4n) is 0.549. The van der Waals surface area contributed by atoms with Crippen LogP contribution in [0.5, 0.6) is 0 Å². The van der Waals surface area contributed by atoms with Crippen molar-refractivity contribution in [3.05, 3.63) is 6.92 Å². The molecule has 0 aromatic carbocycles. The summed E-state index contributed by atoms with van der Waals surface area (Å²) in [5.41, 5.74) is 0. The minimum Gasteiger partial charge on any atom is -0.247 e. The van der Waals surface area contributed by atoms with Crippen molar-refractivity contribution in [2.24, 2.45) is 0 Å². The molecule has 67 valence electrons. The topological polar surface area (TPSA) is 0 Å². The average molecular weight is 171 g/mol. The van der Waals surface area contributed by atoms with Crippen molar-refractivity contribution < 1.29 is 17.6 Å². The van der Waals surface area contributed by atoms with Crippen molar-refractivity contribution in [3.8, 4) is 0 Å². The molecule has 0 spiro atoms. The van der Waals surface area contributed by atoms with Crippen LogP contribution in [0.25, 0.3) is 0 Å². The third kappa shape index (κ3) is 4.22. The second-order valence-corrected chi connectivity index (χ2v) is 2.55. The van der Waals surface area contributed by atoms with Crippen molar-refractivity contribution in [2.45, 2.75) is 38.0 Å². The first-order valence-corrected chi connectivity index (χ1v) is 3.33. The Kier molecular flexibility index (Phi) is 3.83. The summed E-state index contributed by atoms with van der Waals surface area (Å²) in [5, 5.41) is 0. The lowest BCUT2D eigenvalue weighted by Gasteiger charge is -2.16. The summed E-state index contributed by atoms with van der Waals surface area (Å²) in [4.78, 5) is 0. The molecule has 0 saturated carbocycles. The number of hydrogen-bond donors (Lipinski definition) is 0. The molecule has 0 aromatic rings. The normalized spacial score (nSPS) is 18.0. The van der Waals surface area contributed by atoms with Gasteiger partial charge in [0.25, 0.3) is 5.92 Å². The Balaban J connectivity index is 3.77. The van der Waals surface area contributed by atoms with E-state index in [1.54, 1.807) is 0 Å². The van der Waals surface area contributed by atoms with Gasteiger partial charge in [-0.05, 0) is 6.42 Å². The summed E-state index contributed by atoms with van der Waals surface area (Å²) in [6.45, 7) is 3.57. The third-order valence-corrected chi connectivity index (χ3v) is 1.33. The molecule has 4 heteroatoms. The number of alkyl halides is 4.